The van der Waals surface area contributed by atoms with Gasteiger partial charge < -0.3 is 15.4 Å². The number of methoxy groups -OCH3 is 1. The molecule has 0 saturated carbocycles. The lowest BCUT2D eigenvalue weighted by molar-refractivity contribution is 0.0951. The predicted octanol–water partition coefficient (Wildman–Crippen LogP) is 4.49. The number of anilines is 1. The topological polar surface area (TPSA) is 67.4 Å². The van der Waals surface area contributed by atoms with Crippen molar-refractivity contribution in [3.05, 3.63) is 94.5 Å². The highest BCUT2D eigenvalue weighted by Crippen LogP contribution is 2.20. The van der Waals surface area contributed by atoms with Crippen LogP contribution in [0.15, 0.2) is 66.7 Å². The van der Waals surface area contributed by atoms with Crippen molar-refractivity contribution >= 4 is 17.5 Å². The molecule has 0 aliphatic rings. The van der Waals surface area contributed by atoms with Crippen molar-refractivity contribution < 1.29 is 14.3 Å². The monoisotopic (exact) mass is 388 g/mol. The maximum Gasteiger partial charge on any atom is 0.255 e. The second kappa shape index (κ2) is 9.06. The van der Waals surface area contributed by atoms with Crippen LogP contribution < -0.4 is 15.4 Å². The van der Waals surface area contributed by atoms with Gasteiger partial charge in [0.05, 0.1) is 7.11 Å². The SMILES string of the molecule is COc1ccc(CNC(=O)c2cccc(C(=O)Nc3c(C)cccc3C)c2)cc1. The highest BCUT2D eigenvalue weighted by atomic mass is 16.5. The molecule has 2 amide bonds. The van der Waals surface area contributed by atoms with Gasteiger partial charge in [-0.2, -0.15) is 0 Å². The Balaban J connectivity index is 1.67. The van der Waals surface area contributed by atoms with E-state index in [2.05, 4.69) is 10.6 Å². The van der Waals surface area contributed by atoms with Crippen molar-refractivity contribution in [2.75, 3.05) is 12.4 Å². The number of rotatable bonds is 6. The van der Waals surface area contributed by atoms with E-state index in [1.807, 2.05) is 56.3 Å². The Morgan fingerprint density at radius 3 is 2.03 bits per heavy atom. The largest absolute Gasteiger partial charge is 0.497 e. The standard InChI is InChI=1S/C24H24N2O3/c1-16-6-4-7-17(2)22(16)26-24(28)20-9-5-8-19(14-20)23(27)25-15-18-10-12-21(29-3)13-11-18/h4-14H,15H2,1-3H3,(H,25,27)(H,26,28). The Kier molecular flexibility index (Phi) is 6.29. The summed E-state index contributed by atoms with van der Waals surface area (Å²) in [5.41, 5.74) is 4.62. The average Bonchev–Trinajstić information content (AvgIpc) is 2.75. The van der Waals surface area contributed by atoms with Crippen molar-refractivity contribution in [3.8, 4) is 5.75 Å². The van der Waals surface area contributed by atoms with Crippen molar-refractivity contribution in [1.82, 2.24) is 5.32 Å². The molecule has 3 aromatic rings. The maximum absolute atomic E-state index is 12.7. The first kappa shape index (κ1) is 20.1. The normalized spacial score (nSPS) is 10.3. The summed E-state index contributed by atoms with van der Waals surface area (Å²) in [6.45, 7) is 4.29. The van der Waals surface area contributed by atoms with E-state index in [0.29, 0.717) is 17.7 Å². The maximum atomic E-state index is 12.7. The zero-order valence-electron chi connectivity index (χ0n) is 16.8. The summed E-state index contributed by atoms with van der Waals surface area (Å²) in [7, 11) is 1.61. The summed E-state index contributed by atoms with van der Waals surface area (Å²) in [6.07, 6.45) is 0. The Hall–Kier alpha value is -3.60. The molecule has 0 bridgehead atoms. The van der Waals surface area contributed by atoms with Crippen LogP contribution in [-0.4, -0.2) is 18.9 Å². The molecule has 0 fully saturated rings. The number of amides is 2. The summed E-state index contributed by atoms with van der Waals surface area (Å²) in [5, 5.41) is 5.82. The molecule has 0 aromatic heterocycles. The fourth-order valence-corrected chi connectivity index (χ4v) is 3.03. The fraction of sp³-hybridized carbons (Fsp3) is 0.167. The zero-order valence-corrected chi connectivity index (χ0v) is 16.8. The molecule has 5 heteroatoms. The van der Waals surface area contributed by atoms with E-state index in [-0.39, 0.29) is 11.8 Å². The molecule has 0 heterocycles. The Labute approximate surface area is 170 Å². The third-order valence-corrected chi connectivity index (χ3v) is 4.72. The average molecular weight is 388 g/mol. The van der Waals surface area contributed by atoms with E-state index in [1.54, 1.807) is 31.4 Å². The highest BCUT2D eigenvalue weighted by molar-refractivity contribution is 6.06. The molecular weight excluding hydrogens is 364 g/mol. The molecule has 3 aromatic carbocycles. The van der Waals surface area contributed by atoms with Crippen LogP contribution in [0.4, 0.5) is 5.69 Å². The van der Waals surface area contributed by atoms with E-state index in [1.165, 1.54) is 0 Å². The molecule has 0 spiro atoms. The highest BCUT2D eigenvalue weighted by Gasteiger charge is 2.12. The number of benzene rings is 3. The van der Waals surface area contributed by atoms with Crippen LogP contribution >= 0.6 is 0 Å². The lowest BCUT2D eigenvalue weighted by Gasteiger charge is -2.12. The molecule has 148 valence electrons. The molecule has 0 aliphatic heterocycles. The third kappa shape index (κ3) is 5.02. The molecule has 0 unspecified atom stereocenters. The fourth-order valence-electron chi connectivity index (χ4n) is 3.03. The number of carbonyl (C=O) groups is 2. The van der Waals surface area contributed by atoms with Crippen molar-refractivity contribution in [2.45, 2.75) is 20.4 Å². The molecule has 0 aliphatic carbocycles. The number of para-hydroxylation sites is 1. The molecule has 5 nitrogen and oxygen atoms in total. The van der Waals surface area contributed by atoms with Crippen LogP contribution in [0.2, 0.25) is 0 Å². The van der Waals surface area contributed by atoms with E-state index in [9.17, 15) is 9.59 Å². The number of ether oxygens (including phenoxy) is 1. The minimum absolute atomic E-state index is 0.234. The number of hydrogen-bond acceptors (Lipinski definition) is 3. The van der Waals surface area contributed by atoms with Gasteiger partial charge in [0, 0.05) is 23.4 Å². The third-order valence-electron chi connectivity index (χ3n) is 4.72. The molecule has 0 saturated heterocycles. The van der Waals surface area contributed by atoms with Gasteiger partial charge >= 0.3 is 0 Å². The van der Waals surface area contributed by atoms with Crippen LogP contribution in [0.3, 0.4) is 0 Å². The summed E-state index contributed by atoms with van der Waals surface area (Å²) >= 11 is 0. The number of hydrogen-bond donors (Lipinski definition) is 2. The molecule has 29 heavy (non-hydrogen) atoms. The first-order chi connectivity index (χ1) is 14.0. The molecule has 3 rings (SSSR count). The summed E-state index contributed by atoms with van der Waals surface area (Å²) in [5.74, 6) is 0.289. The second-order valence-electron chi connectivity index (χ2n) is 6.83. The van der Waals surface area contributed by atoms with Crippen LogP contribution in [0.25, 0.3) is 0 Å². The van der Waals surface area contributed by atoms with Crippen LogP contribution in [-0.2, 0) is 6.54 Å². The van der Waals surface area contributed by atoms with Crippen molar-refractivity contribution in [1.29, 1.82) is 0 Å². The van der Waals surface area contributed by atoms with Crippen molar-refractivity contribution in [2.24, 2.45) is 0 Å². The first-order valence-electron chi connectivity index (χ1n) is 9.36. The minimum atomic E-state index is -0.243. The number of nitrogens with one attached hydrogen (secondary N) is 2. The second-order valence-corrected chi connectivity index (χ2v) is 6.83. The van der Waals surface area contributed by atoms with E-state index >= 15 is 0 Å². The van der Waals surface area contributed by atoms with Gasteiger partial charge in [-0.15, -0.1) is 0 Å². The van der Waals surface area contributed by atoms with E-state index in [0.717, 1.165) is 28.1 Å². The van der Waals surface area contributed by atoms with Gasteiger partial charge in [-0.25, -0.2) is 0 Å². The lowest BCUT2D eigenvalue weighted by Crippen LogP contribution is -2.23. The summed E-state index contributed by atoms with van der Waals surface area (Å²) in [4.78, 5) is 25.2. The van der Waals surface area contributed by atoms with E-state index < -0.39 is 0 Å². The molecule has 0 atom stereocenters. The van der Waals surface area contributed by atoms with Crippen LogP contribution in [0, 0.1) is 13.8 Å². The van der Waals surface area contributed by atoms with Gasteiger partial charge in [0.15, 0.2) is 0 Å². The molecule has 0 radical (unpaired) electrons. The first-order valence-corrected chi connectivity index (χ1v) is 9.36. The smallest absolute Gasteiger partial charge is 0.255 e. The van der Waals surface area contributed by atoms with Gasteiger partial charge in [0.2, 0.25) is 0 Å². The number of carbonyl (C=O) groups excluding carboxylic acids is 2. The zero-order chi connectivity index (χ0) is 20.8. The Morgan fingerprint density at radius 2 is 1.41 bits per heavy atom. The summed E-state index contributed by atoms with van der Waals surface area (Å²) in [6, 6.07) is 20.0. The molecule has 2 N–H and O–H groups in total. The summed E-state index contributed by atoms with van der Waals surface area (Å²) < 4.78 is 5.13. The molecular formula is C24H24N2O3. The van der Waals surface area contributed by atoms with Crippen molar-refractivity contribution in [3.63, 3.8) is 0 Å². The van der Waals surface area contributed by atoms with E-state index in [4.69, 9.17) is 4.74 Å². The Morgan fingerprint density at radius 1 is 0.828 bits per heavy atom. The minimum Gasteiger partial charge on any atom is -0.497 e. The van der Waals surface area contributed by atoms with Crippen LogP contribution in [0.5, 0.6) is 5.75 Å². The lowest BCUT2D eigenvalue weighted by atomic mass is 10.1. The van der Waals surface area contributed by atoms with Gasteiger partial charge in [0.1, 0.15) is 5.75 Å². The Bertz CT molecular complexity index is 1010. The van der Waals surface area contributed by atoms with Gasteiger partial charge in [-0.1, -0.05) is 36.4 Å². The predicted molar refractivity (Wildman–Crippen MR) is 114 cm³/mol. The van der Waals surface area contributed by atoms with Crippen LogP contribution in [0.1, 0.15) is 37.4 Å². The quantitative estimate of drug-likeness (QED) is 0.654. The van der Waals surface area contributed by atoms with Gasteiger partial charge in [-0.05, 0) is 60.9 Å². The van der Waals surface area contributed by atoms with Gasteiger partial charge in [-0.3, -0.25) is 9.59 Å². The number of aryl methyl sites for hydroxylation is 2. The van der Waals surface area contributed by atoms with Gasteiger partial charge in [0.25, 0.3) is 11.8 Å².